The Morgan fingerprint density at radius 3 is 1.58 bits per heavy atom. The van der Waals surface area contributed by atoms with Crippen molar-refractivity contribution in [2.45, 2.75) is 80.6 Å². The summed E-state index contributed by atoms with van der Waals surface area (Å²) in [6.07, 6.45) is 6.76. The second-order valence-corrected chi connectivity index (χ2v) is 12.7. The predicted molar refractivity (Wildman–Crippen MR) is 168 cm³/mol. The highest BCUT2D eigenvalue weighted by Gasteiger charge is 2.29. The lowest BCUT2D eigenvalue weighted by atomic mass is 9.87. The zero-order valence-corrected chi connectivity index (χ0v) is 27.0. The molecule has 43 heavy (non-hydrogen) atoms. The van der Waals surface area contributed by atoms with Crippen molar-refractivity contribution in [3.05, 3.63) is 71.8 Å². The molecule has 2 saturated carbocycles. The van der Waals surface area contributed by atoms with Gasteiger partial charge in [-0.1, -0.05) is 95.5 Å². The van der Waals surface area contributed by atoms with Crippen molar-refractivity contribution in [1.82, 2.24) is 0 Å². The molecule has 0 bridgehead atoms. The lowest BCUT2D eigenvalue weighted by molar-refractivity contribution is -0.148. The number of alkyl halides is 3. The van der Waals surface area contributed by atoms with E-state index in [0.29, 0.717) is 6.61 Å². The van der Waals surface area contributed by atoms with Crippen LogP contribution in [0.4, 0.5) is 0 Å². The number of methoxy groups -OCH3 is 2. The van der Waals surface area contributed by atoms with Gasteiger partial charge in [0, 0.05) is 0 Å². The molecule has 2 aromatic rings. The summed E-state index contributed by atoms with van der Waals surface area (Å²) >= 11 is 16.3. The quantitative estimate of drug-likeness (QED) is 0.140. The van der Waals surface area contributed by atoms with Crippen molar-refractivity contribution in [2.24, 2.45) is 11.8 Å². The van der Waals surface area contributed by atoms with Gasteiger partial charge in [0.1, 0.15) is 6.61 Å². The number of carbonyl (C=O) groups is 2. The summed E-state index contributed by atoms with van der Waals surface area (Å²) in [5.74, 6) is -0.463. The molecule has 0 saturated heterocycles. The molecule has 0 heterocycles. The molecule has 2 aliphatic rings. The minimum Gasteiger partial charge on any atom is -0.473 e. The maximum absolute atomic E-state index is 11.4. The van der Waals surface area contributed by atoms with Gasteiger partial charge in [-0.3, -0.25) is 15.0 Å². The second-order valence-electron chi connectivity index (χ2n) is 10.4. The third kappa shape index (κ3) is 14.8. The molecule has 0 amide bonds. The monoisotopic (exact) mass is 657 g/mol. The molecular formula is C32H42Cl3NO7. The lowest BCUT2D eigenvalue weighted by Gasteiger charge is -2.27. The number of nitrogens with one attached hydrogen (secondary N) is 1. The highest BCUT2D eigenvalue weighted by Crippen LogP contribution is 2.29. The Morgan fingerprint density at radius 1 is 0.744 bits per heavy atom. The Balaban J connectivity index is 0.000000233. The van der Waals surface area contributed by atoms with Crippen molar-refractivity contribution >= 4 is 52.6 Å². The van der Waals surface area contributed by atoms with Crippen LogP contribution < -0.4 is 0 Å². The van der Waals surface area contributed by atoms with E-state index < -0.39 is 3.79 Å². The molecule has 0 radical (unpaired) electrons. The first kappa shape index (κ1) is 36.8. The van der Waals surface area contributed by atoms with Crippen LogP contribution >= 0.6 is 34.8 Å². The molecule has 238 valence electrons. The number of benzene rings is 2. The molecule has 0 spiro atoms. The van der Waals surface area contributed by atoms with Crippen molar-refractivity contribution in [3.63, 3.8) is 0 Å². The fourth-order valence-electron chi connectivity index (χ4n) is 4.71. The van der Waals surface area contributed by atoms with Gasteiger partial charge >= 0.3 is 11.9 Å². The van der Waals surface area contributed by atoms with Gasteiger partial charge in [-0.25, -0.2) is 0 Å². The molecule has 8 nitrogen and oxygen atoms in total. The smallest absolute Gasteiger partial charge is 0.308 e. The molecule has 0 aliphatic heterocycles. The molecule has 2 fully saturated rings. The second kappa shape index (κ2) is 19.8. The van der Waals surface area contributed by atoms with E-state index in [1.54, 1.807) is 0 Å². The first-order valence-corrected chi connectivity index (χ1v) is 15.5. The molecule has 2 N–H and O–H groups in total. The van der Waals surface area contributed by atoms with E-state index in [1.165, 1.54) is 19.8 Å². The van der Waals surface area contributed by atoms with E-state index in [9.17, 15) is 9.59 Å². The van der Waals surface area contributed by atoms with Crippen LogP contribution in [-0.4, -0.2) is 53.2 Å². The number of hydrogen-bond acceptors (Lipinski definition) is 8. The van der Waals surface area contributed by atoms with Gasteiger partial charge < -0.3 is 24.1 Å². The van der Waals surface area contributed by atoms with Crippen LogP contribution in [0, 0.1) is 17.2 Å². The number of esters is 2. The molecular weight excluding hydrogens is 617 g/mol. The number of ether oxygens (including phenoxy) is 4. The van der Waals surface area contributed by atoms with Gasteiger partial charge in [0.2, 0.25) is 5.90 Å². The molecule has 2 aliphatic carbocycles. The van der Waals surface area contributed by atoms with Crippen molar-refractivity contribution in [3.8, 4) is 0 Å². The third-order valence-corrected chi connectivity index (χ3v) is 7.77. The van der Waals surface area contributed by atoms with Gasteiger partial charge in [0.05, 0.1) is 44.9 Å². The molecule has 0 atom stereocenters. The van der Waals surface area contributed by atoms with Crippen LogP contribution in [0.25, 0.3) is 0 Å². The van der Waals surface area contributed by atoms with Crippen LogP contribution in [0.15, 0.2) is 60.7 Å². The predicted octanol–water partition coefficient (Wildman–Crippen LogP) is 7.20. The van der Waals surface area contributed by atoms with E-state index in [2.05, 4.69) is 16.9 Å². The molecule has 2 aromatic carbocycles. The highest BCUT2D eigenvalue weighted by atomic mass is 35.6. The van der Waals surface area contributed by atoms with E-state index in [0.717, 1.165) is 56.9 Å². The lowest BCUT2D eigenvalue weighted by Crippen LogP contribution is -2.26. The van der Waals surface area contributed by atoms with Gasteiger partial charge in [-0.2, -0.15) is 0 Å². The molecule has 11 heteroatoms. The van der Waals surface area contributed by atoms with Crippen LogP contribution in [0.5, 0.6) is 0 Å². The Labute approximate surface area is 269 Å². The van der Waals surface area contributed by atoms with E-state index in [1.807, 2.05) is 48.5 Å². The van der Waals surface area contributed by atoms with Gasteiger partial charge in [-0.15, -0.1) is 0 Å². The minimum atomic E-state index is -1.78. The third-order valence-electron chi connectivity index (χ3n) is 7.25. The number of hydrogen-bond donors (Lipinski definition) is 2. The average Bonchev–Trinajstić information content (AvgIpc) is 3.03. The van der Waals surface area contributed by atoms with E-state index in [-0.39, 0.29) is 48.5 Å². The SMILES string of the molecule is COC(=O)C1CCC(O)CC1.COC(=O)C1CCC(OCc2ccccc2)CC1.N=C(OCc1ccccc1)C(Cl)(Cl)Cl. The topological polar surface area (TPSA) is 115 Å². The fraction of sp³-hybridized carbons (Fsp3) is 0.531. The first-order valence-electron chi connectivity index (χ1n) is 14.3. The average molecular weight is 659 g/mol. The summed E-state index contributed by atoms with van der Waals surface area (Å²) < 4.78 is 18.5. The Kier molecular flexibility index (Phi) is 17.0. The zero-order chi connectivity index (χ0) is 31.7. The normalized spacial score (nSPS) is 21.5. The summed E-state index contributed by atoms with van der Waals surface area (Å²) in [5, 5.41) is 16.4. The van der Waals surface area contributed by atoms with Crippen LogP contribution in [0.1, 0.15) is 62.5 Å². The van der Waals surface area contributed by atoms with Gasteiger partial charge in [-0.05, 0) is 62.5 Å². The van der Waals surface area contributed by atoms with Crippen LogP contribution in [0.2, 0.25) is 0 Å². The summed E-state index contributed by atoms with van der Waals surface area (Å²) in [4.78, 5) is 22.4. The Bertz CT molecular complexity index is 1080. The maximum atomic E-state index is 11.4. The molecule has 0 unspecified atom stereocenters. The van der Waals surface area contributed by atoms with E-state index >= 15 is 0 Å². The van der Waals surface area contributed by atoms with Crippen LogP contribution in [-0.2, 0) is 41.8 Å². The summed E-state index contributed by atoms with van der Waals surface area (Å²) in [6.45, 7) is 0.891. The first-order chi connectivity index (χ1) is 20.5. The van der Waals surface area contributed by atoms with Crippen LogP contribution in [0.3, 0.4) is 0 Å². The summed E-state index contributed by atoms with van der Waals surface area (Å²) in [6, 6.07) is 19.6. The number of carbonyl (C=O) groups excluding carboxylic acids is 2. The van der Waals surface area contributed by atoms with Crippen molar-refractivity contribution in [2.75, 3.05) is 14.2 Å². The van der Waals surface area contributed by atoms with Gasteiger partial charge in [0.25, 0.3) is 3.79 Å². The van der Waals surface area contributed by atoms with E-state index in [4.69, 9.17) is 59.5 Å². The van der Waals surface area contributed by atoms with Crippen molar-refractivity contribution in [1.29, 1.82) is 5.41 Å². The number of halogens is 3. The summed E-state index contributed by atoms with van der Waals surface area (Å²) in [7, 11) is 2.87. The number of aliphatic hydroxyl groups excluding tert-OH is 1. The zero-order valence-electron chi connectivity index (χ0n) is 24.7. The number of rotatable bonds is 7. The standard InChI is InChI=1S/C15H20O3.C9H8Cl3NO.C8H14O3/c1-17-15(16)13-7-9-14(10-8-13)18-11-12-5-3-2-4-6-12;10-9(11,12)8(13)14-6-7-4-2-1-3-5-7;1-11-8(10)6-2-4-7(9)5-3-6/h2-6,13-14H,7-11H2,1H3;1-5,13H,6H2;6-7,9H,2-5H2,1H3. The summed E-state index contributed by atoms with van der Waals surface area (Å²) in [5.41, 5.74) is 2.12. The van der Waals surface area contributed by atoms with Gasteiger partial charge in [0.15, 0.2) is 0 Å². The number of aliphatic hydroxyl groups is 1. The van der Waals surface area contributed by atoms with Crippen molar-refractivity contribution < 1.29 is 33.6 Å². The molecule has 4 rings (SSSR count). The minimum absolute atomic E-state index is 0.0309. The molecule has 0 aromatic heterocycles. The fourth-order valence-corrected chi connectivity index (χ4v) is 4.87. The Hall–Kier alpha value is -2.36. The highest BCUT2D eigenvalue weighted by molar-refractivity contribution is 6.76. The largest absolute Gasteiger partial charge is 0.473 e. The maximum Gasteiger partial charge on any atom is 0.308 e. The Morgan fingerprint density at radius 2 is 1.16 bits per heavy atom.